The van der Waals surface area contributed by atoms with Crippen molar-refractivity contribution >= 4 is 27.3 Å². The summed E-state index contributed by atoms with van der Waals surface area (Å²) in [6, 6.07) is 2.81. The molecule has 0 spiro atoms. The summed E-state index contributed by atoms with van der Waals surface area (Å²) in [7, 11) is -3.58. The van der Waals surface area contributed by atoms with Crippen molar-refractivity contribution in [2.24, 2.45) is 0 Å². The first kappa shape index (κ1) is 15.0. The molecule has 1 rings (SSSR count). The lowest BCUT2D eigenvalue weighted by molar-refractivity contribution is 0.585. The van der Waals surface area contributed by atoms with Crippen LogP contribution in [0.4, 0.5) is 5.69 Å². The van der Waals surface area contributed by atoms with Gasteiger partial charge in [0.05, 0.1) is 4.90 Å². The fourth-order valence-electron chi connectivity index (χ4n) is 1.27. The van der Waals surface area contributed by atoms with E-state index in [1.165, 1.54) is 12.1 Å². The lowest BCUT2D eigenvalue weighted by atomic mass is 10.2. The first-order valence-corrected chi connectivity index (χ1v) is 7.29. The molecule has 0 radical (unpaired) electrons. The molecule has 6 heteroatoms. The largest absolute Gasteiger partial charge is 0.398 e. The van der Waals surface area contributed by atoms with Crippen LogP contribution in [0.1, 0.15) is 19.4 Å². The van der Waals surface area contributed by atoms with Gasteiger partial charge < -0.3 is 5.73 Å². The SMILES string of the molecule is CC(C)=CCNS(=O)(=O)c1cc(N)c(C)c(Cl)c1. The lowest BCUT2D eigenvalue weighted by Gasteiger charge is -2.09. The first-order chi connectivity index (χ1) is 8.24. The summed E-state index contributed by atoms with van der Waals surface area (Å²) in [6.07, 6.45) is 1.79. The summed E-state index contributed by atoms with van der Waals surface area (Å²) in [5, 5.41) is 0.345. The maximum absolute atomic E-state index is 12.0. The Bertz CT molecular complexity index is 553. The number of hydrogen-bond acceptors (Lipinski definition) is 3. The molecule has 4 nitrogen and oxygen atoms in total. The number of rotatable bonds is 4. The maximum Gasteiger partial charge on any atom is 0.240 e. The van der Waals surface area contributed by atoms with Crippen molar-refractivity contribution in [2.45, 2.75) is 25.7 Å². The molecule has 0 bridgehead atoms. The van der Waals surface area contributed by atoms with Crippen molar-refractivity contribution in [3.05, 3.63) is 34.4 Å². The van der Waals surface area contributed by atoms with Crippen LogP contribution in [0.2, 0.25) is 5.02 Å². The highest BCUT2D eigenvalue weighted by Gasteiger charge is 2.15. The van der Waals surface area contributed by atoms with E-state index in [0.717, 1.165) is 5.57 Å². The number of nitrogen functional groups attached to an aromatic ring is 1. The highest BCUT2D eigenvalue weighted by molar-refractivity contribution is 7.89. The van der Waals surface area contributed by atoms with Gasteiger partial charge in [-0.3, -0.25) is 0 Å². The zero-order valence-corrected chi connectivity index (χ0v) is 12.2. The van der Waals surface area contributed by atoms with E-state index in [-0.39, 0.29) is 11.4 Å². The molecule has 0 unspecified atom stereocenters. The predicted octanol–water partition coefficient (Wildman–Crippen LogP) is 2.48. The molecule has 0 saturated carbocycles. The number of sulfonamides is 1. The minimum absolute atomic E-state index is 0.0813. The molecule has 0 atom stereocenters. The second-order valence-electron chi connectivity index (χ2n) is 4.25. The summed E-state index contributed by atoms with van der Waals surface area (Å²) in [4.78, 5) is 0.0813. The van der Waals surface area contributed by atoms with Gasteiger partial charge in [0.15, 0.2) is 0 Å². The minimum atomic E-state index is -3.58. The molecule has 3 N–H and O–H groups in total. The van der Waals surface area contributed by atoms with Crippen molar-refractivity contribution in [2.75, 3.05) is 12.3 Å². The fraction of sp³-hybridized carbons (Fsp3) is 0.333. The zero-order valence-electron chi connectivity index (χ0n) is 10.6. The molecule has 0 aliphatic heterocycles. The van der Waals surface area contributed by atoms with E-state index in [1.54, 1.807) is 13.0 Å². The number of benzene rings is 1. The second-order valence-corrected chi connectivity index (χ2v) is 6.43. The zero-order chi connectivity index (χ0) is 13.9. The van der Waals surface area contributed by atoms with Crippen molar-refractivity contribution in [3.63, 3.8) is 0 Å². The molecule has 100 valence electrons. The normalized spacial score (nSPS) is 11.3. The summed E-state index contributed by atoms with van der Waals surface area (Å²) in [5.74, 6) is 0. The Morgan fingerprint density at radius 3 is 2.56 bits per heavy atom. The number of nitrogens with one attached hydrogen (secondary N) is 1. The monoisotopic (exact) mass is 288 g/mol. The Hall–Kier alpha value is -1.04. The molecule has 1 aromatic rings. The van der Waals surface area contributed by atoms with Crippen LogP contribution < -0.4 is 10.5 Å². The Kier molecular flexibility index (Phi) is 4.78. The van der Waals surface area contributed by atoms with Gasteiger partial charge in [-0.1, -0.05) is 23.3 Å². The van der Waals surface area contributed by atoms with Gasteiger partial charge in [-0.25, -0.2) is 13.1 Å². The Morgan fingerprint density at radius 1 is 1.44 bits per heavy atom. The molecule has 0 aliphatic carbocycles. The molecule has 0 aliphatic rings. The van der Waals surface area contributed by atoms with E-state index in [1.807, 2.05) is 13.8 Å². The number of hydrogen-bond donors (Lipinski definition) is 2. The van der Waals surface area contributed by atoms with Gasteiger partial charge in [0.2, 0.25) is 10.0 Å². The van der Waals surface area contributed by atoms with E-state index in [4.69, 9.17) is 17.3 Å². The maximum atomic E-state index is 12.0. The third-order valence-electron chi connectivity index (χ3n) is 2.45. The van der Waals surface area contributed by atoms with Gasteiger partial charge in [-0.2, -0.15) is 0 Å². The van der Waals surface area contributed by atoms with Gasteiger partial charge in [0, 0.05) is 17.3 Å². The molecule has 0 amide bonds. The van der Waals surface area contributed by atoms with Crippen LogP contribution in [0.15, 0.2) is 28.7 Å². The van der Waals surface area contributed by atoms with Crippen LogP contribution in [0.25, 0.3) is 0 Å². The highest BCUT2D eigenvalue weighted by atomic mass is 35.5. The lowest BCUT2D eigenvalue weighted by Crippen LogP contribution is -2.24. The van der Waals surface area contributed by atoms with Crippen molar-refractivity contribution < 1.29 is 8.42 Å². The molecule has 0 saturated heterocycles. The van der Waals surface area contributed by atoms with Gasteiger partial charge in [-0.05, 0) is 38.5 Å². The first-order valence-electron chi connectivity index (χ1n) is 5.42. The standard InChI is InChI=1S/C12H17ClN2O2S/c1-8(2)4-5-15-18(16,17)10-6-11(13)9(3)12(14)7-10/h4,6-7,15H,5,14H2,1-3H3. The van der Waals surface area contributed by atoms with Gasteiger partial charge in [-0.15, -0.1) is 0 Å². The second kappa shape index (κ2) is 5.73. The van der Waals surface area contributed by atoms with E-state index in [0.29, 0.717) is 16.3 Å². The van der Waals surface area contributed by atoms with Crippen LogP contribution in [0.3, 0.4) is 0 Å². The molecule has 0 fully saturated rings. The summed E-state index contributed by atoms with van der Waals surface area (Å²) in [5.41, 5.74) is 7.79. The van der Waals surface area contributed by atoms with Crippen LogP contribution in [-0.2, 0) is 10.0 Å². The molecule has 0 heterocycles. The average molecular weight is 289 g/mol. The quantitative estimate of drug-likeness (QED) is 0.660. The summed E-state index contributed by atoms with van der Waals surface area (Å²) >= 11 is 5.93. The van der Waals surface area contributed by atoms with Gasteiger partial charge in [0.1, 0.15) is 0 Å². The Morgan fingerprint density at radius 2 is 2.06 bits per heavy atom. The number of halogens is 1. The average Bonchev–Trinajstić information content (AvgIpc) is 2.24. The fourth-order valence-corrected chi connectivity index (χ4v) is 2.58. The predicted molar refractivity (Wildman–Crippen MR) is 75.2 cm³/mol. The summed E-state index contributed by atoms with van der Waals surface area (Å²) in [6.45, 7) is 5.78. The Balaban J connectivity index is 3.03. The van der Waals surface area contributed by atoms with Crippen molar-refractivity contribution in [3.8, 4) is 0 Å². The van der Waals surface area contributed by atoms with E-state index < -0.39 is 10.0 Å². The minimum Gasteiger partial charge on any atom is -0.398 e. The molecular weight excluding hydrogens is 272 g/mol. The third-order valence-corrected chi connectivity index (χ3v) is 4.25. The van der Waals surface area contributed by atoms with Crippen LogP contribution in [-0.4, -0.2) is 15.0 Å². The molecular formula is C12H17ClN2O2S. The molecule has 0 aromatic heterocycles. The van der Waals surface area contributed by atoms with Gasteiger partial charge >= 0.3 is 0 Å². The summed E-state index contributed by atoms with van der Waals surface area (Å²) < 4.78 is 26.4. The van der Waals surface area contributed by atoms with Crippen LogP contribution in [0, 0.1) is 6.92 Å². The third kappa shape index (κ3) is 3.73. The van der Waals surface area contributed by atoms with Crippen molar-refractivity contribution in [1.82, 2.24) is 4.72 Å². The number of anilines is 1. The van der Waals surface area contributed by atoms with Crippen LogP contribution >= 0.6 is 11.6 Å². The smallest absolute Gasteiger partial charge is 0.240 e. The van der Waals surface area contributed by atoms with Crippen molar-refractivity contribution in [1.29, 1.82) is 0 Å². The molecule has 18 heavy (non-hydrogen) atoms. The number of nitrogens with two attached hydrogens (primary N) is 1. The topological polar surface area (TPSA) is 72.2 Å². The highest BCUT2D eigenvalue weighted by Crippen LogP contribution is 2.25. The van der Waals surface area contributed by atoms with Crippen LogP contribution in [0.5, 0.6) is 0 Å². The Labute approximate surface area is 113 Å². The van der Waals surface area contributed by atoms with E-state index in [9.17, 15) is 8.42 Å². The number of allylic oxidation sites excluding steroid dienone is 1. The molecule has 1 aromatic carbocycles. The van der Waals surface area contributed by atoms with E-state index in [2.05, 4.69) is 4.72 Å². The van der Waals surface area contributed by atoms with Gasteiger partial charge in [0.25, 0.3) is 0 Å². The van der Waals surface area contributed by atoms with E-state index >= 15 is 0 Å².